The molecular weight excluding hydrogens is 809 g/mol. The Labute approximate surface area is 409 Å². The van der Waals surface area contributed by atoms with E-state index in [2.05, 4.69) is 100 Å². The van der Waals surface area contributed by atoms with Gasteiger partial charge < -0.3 is 19.2 Å². The number of hydrogen-bond donors (Lipinski definition) is 2. The van der Waals surface area contributed by atoms with E-state index in [0.29, 0.717) is 29.9 Å². The molecule has 0 aromatic heterocycles. The van der Waals surface area contributed by atoms with Crippen molar-refractivity contribution >= 4 is 12.4 Å². The summed E-state index contributed by atoms with van der Waals surface area (Å²) in [6.07, 6.45) is 31.4. The van der Waals surface area contributed by atoms with Crippen molar-refractivity contribution in [3.8, 4) is 11.5 Å². The Morgan fingerprint density at radius 3 is 1.09 bits per heavy atom. The van der Waals surface area contributed by atoms with Gasteiger partial charge in [-0.1, -0.05) is 132 Å². The minimum atomic E-state index is -0.493. The van der Waals surface area contributed by atoms with Gasteiger partial charge in [0.05, 0.1) is 64.4 Å². The van der Waals surface area contributed by atoms with Gasteiger partial charge in [0.2, 0.25) is 0 Å². The van der Waals surface area contributed by atoms with Gasteiger partial charge in [-0.05, 0) is 151 Å². The molecule has 0 saturated heterocycles. The van der Waals surface area contributed by atoms with Crippen LogP contribution in [-0.4, -0.2) is 96.1 Å². The van der Waals surface area contributed by atoms with E-state index in [1.807, 2.05) is 19.4 Å². The van der Waals surface area contributed by atoms with Gasteiger partial charge in [-0.15, -0.1) is 0 Å². The van der Waals surface area contributed by atoms with E-state index >= 15 is 0 Å². The number of rotatable bonds is 39. The molecular formula is C60H108N4O2+2. The van der Waals surface area contributed by atoms with E-state index in [0.717, 1.165) is 22.3 Å². The van der Waals surface area contributed by atoms with Crippen molar-refractivity contribution in [3.63, 3.8) is 0 Å². The Kier molecular flexibility index (Phi) is 29.7. The number of nitrogens with zero attached hydrogens (tertiary/aromatic N) is 4. The first-order chi connectivity index (χ1) is 31.7. The third-order valence-electron chi connectivity index (χ3n) is 15.0. The highest BCUT2D eigenvalue weighted by atomic mass is 16.3. The first-order valence-electron chi connectivity index (χ1n) is 28.1. The first-order valence-corrected chi connectivity index (χ1v) is 28.1. The molecule has 2 aromatic rings. The van der Waals surface area contributed by atoms with Crippen LogP contribution in [-0.2, 0) is 0 Å². The molecule has 0 atom stereocenters. The van der Waals surface area contributed by atoms with Crippen molar-refractivity contribution in [2.24, 2.45) is 9.98 Å². The molecule has 0 saturated carbocycles. The van der Waals surface area contributed by atoms with Crippen LogP contribution in [0.25, 0.3) is 0 Å². The fourth-order valence-corrected chi connectivity index (χ4v) is 10.5. The van der Waals surface area contributed by atoms with Crippen molar-refractivity contribution < 1.29 is 19.2 Å². The lowest BCUT2D eigenvalue weighted by Gasteiger charge is -2.40. The van der Waals surface area contributed by atoms with E-state index < -0.39 is 5.54 Å². The lowest BCUT2D eigenvalue weighted by Crippen LogP contribution is -2.51. The zero-order valence-corrected chi connectivity index (χ0v) is 45.7. The molecule has 6 heteroatoms. The number of hydrogen-bond acceptors (Lipinski definition) is 4. The summed E-state index contributed by atoms with van der Waals surface area (Å²) in [7, 11) is 0. The molecule has 66 heavy (non-hydrogen) atoms. The third-order valence-corrected chi connectivity index (χ3v) is 15.0. The van der Waals surface area contributed by atoms with E-state index in [4.69, 9.17) is 9.98 Å². The molecule has 2 N–H and O–H groups in total. The number of quaternary nitrogens is 2. The summed E-state index contributed by atoms with van der Waals surface area (Å²) >= 11 is 0. The molecule has 0 aliphatic carbocycles. The van der Waals surface area contributed by atoms with Gasteiger partial charge in [-0.2, -0.15) is 0 Å². The highest BCUT2D eigenvalue weighted by Gasteiger charge is 2.29. The number of phenolic OH excluding ortho intramolecular Hbond substituents is 2. The normalized spacial score (nSPS) is 12.9. The summed E-state index contributed by atoms with van der Waals surface area (Å²) in [5, 5.41) is 22.7. The fourth-order valence-electron chi connectivity index (χ4n) is 10.5. The second kappa shape index (κ2) is 32.9. The maximum atomic E-state index is 11.6. The molecule has 0 aliphatic heterocycles. The predicted molar refractivity (Wildman–Crippen MR) is 292 cm³/mol. The molecule has 0 bridgehead atoms. The second-order valence-electron chi connectivity index (χ2n) is 21.6. The Morgan fingerprint density at radius 2 is 0.758 bits per heavy atom. The minimum Gasteiger partial charge on any atom is -0.507 e. The summed E-state index contributed by atoms with van der Waals surface area (Å²) < 4.78 is 2.58. The molecule has 0 spiro atoms. The van der Waals surface area contributed by atoms with Crippen LogP contribution < -0.4 is 0 Å². The number of phenols is 2. The summed E-state index contributed by atoms with van der Waals surface area (Å²) in [5.41, 5.74) is 5.66. The number of benzene rings is 2. The van der Waals surface area contributed by atoms with Crippen molar-refractivity contribution in [3.05, 3.63) is 57.6 Å². The maximum Gasteiger partial charge on any atom is 0.127 e. The second-order valence-corrected chi connectivity index (χ2v) is 21.6. The van der Waals surface area contributed by atoms with Crippen LogP contribution in [0.15, 0.2) is 34.3 Å². The molecule has 0 amide bonds. The van der Waals surface area contributed by atoms with Gasteiger partial charge in [-0.3, -0.25) is 9.98 Å². The zero-order chi connectivity index (χ0) is 48.9. The molecule has 0 radical (unpaired) electrons. The quantitative estimate of drug-likeness (QED) is 0.0518. The van der Waals surface area contributed by atoms with E-state index in [1.165, 1.54) is 214 Å². The number of aromatic hydroxyl groups is 2. The van der Waals surface area contributed by atoms with Crippen LogP contribution in [0.2, 0.25) is 0 Å². The first kappa shape index (κ1) is 59.4. The zero-order valence-electron chi connectivity index (χ0n) is 45.7. The number of aliphatic imine (C=N–C) groups is 2. The summed E-state index contributed by atoms with van der Waals surface area (Å²) in [6, 6.07) is 8.93. The van der Waals surface area contributed by atoms with E-state index in [-0.39, 0.29) is 0 Å². The molecule has 378 valence electrons. The van der Waals surface area contributed by atoms with E-state index in [9.17, 15) is 10.2 Å². The molecule has 0 aliphatic rings. The van der Waals surface area contributed by atoms with Gasteiger partial charge in [-0.25, -0.2) is 0 Å². The summed E-state index contributed by atoms with van der Waals surface area (Å²) in [6.45, 7) is 37.9. The topological polar surface area (TPSA) is 65.2 Å². The third kappa shape index (κ3) is 21.3. The van der Waals surface area contributed by atoms with Crippen LogP contribution in [0, 0.1) is 13.8 Å². The van der Waals surface area contributed by atoms with Crippen LogP contribution in [0.5, 0.6) is 11.5 Å². The highest BCUT2D eigenvalue weighted by molar-refractivity contribution is 5.85. The monoisotopic (exact) mass is 917 g/mol. The molecule has 0 unspecified atom stereocenters. The lowest BCUT2D eigenvalue weighted by molar-refractivity contribution is -0.929. The lowest BCUT2D eigenvalue weighted by atomic mass is 9.87. The van der Waals surface area contributed by atoms with Crippen molar-refractivity contribution in [1.29, 1.82) is 0 Å². The van der Waals surface area contributed by atoms with Crippen molar-refractivity contribution in [2.45, 2.75) is 242 Å². The highest BCUT2D eigenvalue weighted by Crippen LogP contribution is 2.35. The fraction of sp³-hybridized carbons (Fsp3) is 0.767. The summed E-state index contributed by atoms with van der Waals surface area (Å²) in [4.78, 5) is 10.00. The number of aryl methyl sites for hydroxylation is 2. The van der Waals surface area contributed by atoms with Crippen LogP contribution in [0.4, 0.5) is 0 Å². The molecule has 0 heterocycles. The van der Waals surface area contributed by atoms with Gasteiger partial charge in [0, 0.05) is 23.6 Å². The van der Waals surface area contributed by atoms with Gasteiger partial charge in [0.25, 0.3) is 0 Å². The number of unbranched alkanes of at least 4 members (excludes halogenated alkanes) is 8. The smallest absolute Gasteiger partial charge is 0.127 e. The van der Waals surface area contributed by atoms with Crippen molar-refractivity contribution in [2.75, 3.05) is 58.9 Å². The van der Waals surface area contributed by atoms with E-state index in [1.54, 1.807) is 0 Å². The summed E-state index contributed by atoms with van der Waals surface area (Å²) in [5.74, 6) is 1.61. The molecule has 2 aromatic carbocycles. The average Bonchev–Trinajstić information content (AvgIpc) is 3.30. The van der Waals surface area contributed by atoms with Gasteiger partial charge in [0.15, 0.2) is 0 Å². The Hall–Kier alpha value is -2.70. The average molecular weight is 918 g/mol. The van der Waals surface area contributed by atoms with Crippen LogP contribution in [0.3, 0.4) is 0 Å². The maximum absolute atomic E-state index is 11.6. The minimum absolute atomic E-state index is 0.320. The SMILES string of the molecule is CCCCC(CCCC)c1cc(C)c(O)c(C=NCC(C)(C)N=Cc2cc(C(CCC[N+](CCCC)(CCCC)CCCC)CCC[N+](CCCC)(CCCC)CCCC)cc(C)c2O)c1. The Morgan fingerprint density at radius 1 is 0.455 bits per heavy atom. The largest absolute Gasteiger partial charge is 0.507 e. The predicted octanol–water partition coefficient (Wildman–Crippen LogP) is 16.6. The van der Waals surface area contributed by atoms with Crippen molar-refractivity contribution in [1.82, 2.24) is 0 Å². The van der Waals surface area contributed by atoms with Crippen LogP contribution in [0.1, 0.15) is 256 Å². The Balaban J connectivity index is 2.50. The van der Waals surface area contributed by atoms with Gasteiger partial charge in [0.1, 0.15) is 11.5 Å². The molecule has 0 fully saturated rings. The standard InChI is InChI=1S/C60H106N4O2/c1-13-21-31-52(32-22-14-2)54-43-50(9)58(65)56(45-54)47-61-49-60(11,12)62-48-57-46-55(44-51(10)59(57)66)53(33-29-41-63(35-23-15-3,36-24-16-4)37-25-17-5)34-30-42-64(38-26-18-6,39-27-19-7)40-28-20-8/h43-48,52-53H,13-42,49H2,1-12H3/p+2. The van der Waals surface area contributed by atoms with Crippen LogP contribution >= 0.6 is 0 Å². The Bertz CT molecular complexity index is 1560. The van der Waals surface area contributed by atoms with Gasteiger partial charge >= 0.3 is 0 Å². The molecule has 6 nitrogen and oxygen atoms in total. The molecule has 2 rings (SSSR count).